The van der Waals surface area contributed by atoms with E-state index >= 15 is 0 Å². The van der Waals surface area contributed by atoms with Crippen molar-refractivity contribution in [3.05, 3.63) is 76.4 Å². The third kappa shape index (κ3) is 6.68. The second kappa shape index (κ2) is 13.6. The summed E-state index contributed by atoms with van der Waals surface area (Å²) in [5.74, 6) is 1.83. The molecule has 0 unspecified atom stereocenters. The van der Waals surface area contributed by atoms with Crippen molar-refractivity contribution in [1.82, 2.24) is 14.6 Å². The van der Waals surface area contributed by atoms with Crippen LogP contribution in [0.25, 0.3) is 10.9 Å². The molecule has 0 N–H and O–H groups in total. The van der Waals surface area contributed by atoms with Crippen molar-refractivity contribution in [3.8, 4) is 11.5 Å². The Morgan fingerprint density at radius 2 is 1.93 bits per heavy atom. The summed E-state index contributed by atoms with van der Waals surface area (Å²) in [5.41, 5.74) is 2.08. The molecule has 5 rings (SSSR count). The molecule has 1 aliphatic carbocycles. The molecule has 9 heteroatoms. The van der Waals surface area contributed by atoms with Crippen LogP contribution in [0.15, 0.2) is 58.9 Å². The van der Waals surface area contributed by atoms with Crippen molar-refractivity contribution < 1.29 is 19.0 Å². The van der Waals surface area contributed by atoms with Gasteiger partial charge in [0.15, 0.2) is 18.1 Å². The quantitative estimate of drug-likeness (QED) is 0.265. The summed E-state index contributed by atoms with van der Waals surface area (Å²) in [4.78, 5) is 33.0. The van der Waals surface area contributed by atoms with Crippen molar-refractivity contribution in [1.29, 1.82) is 0 Å². The summed E-state index contributed by atoms with van der Waals surface area (Å²) in [6.45, 7) is 8.29. The van der Waals surface area contributed by atoms with E-state index in [1.807, 2.05) is 37.3 Å². The van der Waals surface area contributed by atoms with Gasteiger partial charge in [0.25, 0.3) is 11.5 Å². The van der Waals surface area contributed by atoms with Gasteiger partial charge in [-0.1, -0.05) is 37.5 Å². The van der Waals surface area contributed by atoms with Crippen molar-refractivity contribution in [2.24, 2.45) is 5.10 Å². The zero-order valence-electron chi connectivity index (χ0n) is 23.7. The van der Waals surface area contributed by atoms with E-state index in [1.165, 1.54) is 11.1 Å². The van der Waals surface area contributed by atoms with Crippen LogP contribution in [-0.2, 0) is 16.0 Å². The summed E-state index contributed by atoms with van der Waals surface area (Å²) in [5, 5.41) is 5.23. The van der Waals surface area contributed by atoms with Gasteiger partial charge in [0.05, 0.1) is 36.9 Å². The van der Waals surface area contributed by atoms with Crippen LogP contribution in [0.2, 0.25) is 0 Å². The van der Waals surface area contributed by atoms with E-state index in [2.05, 4.69) is 6.58 Å². The molecule has 1 saturated carbocycles. The Bertz CT molecular complexity index is 1470. The lowest BCUT2D eigenvalue weighted by atomic mass is 9.88. The lowest BCUT2D eigenvalue weighted by Crippen LogP contribution is -2.43. The first-order valence-electron chi connectivity index (χ1n) is 14.5. The minimum Gasteiger partial charge on any atom is -0.490 e. The average molecular weight is 559 g/mol. The zero-order chi connectivity index (χ0) is 28.6. The molecule has 41 heavy (non-hydrogen) atoms. The number of fused-ring (bicyclic) bond motifs is 1. The van der Waals surface area contributed by atoms with Crippen LogP contribution in [0.5, 0.6) is 11.5 Å². The van der Waals surface area contributed by atoms with Gasteiger partial charge in [-0.3, -0.25) is 9.59 Å². The molecular weight excluding hydrogens is 520 g/mol. The first-order valence-corrected chi connectivity index (χ1v) is 14.5. The minimum atomic E-state index is -0.176. The van der Waals surface area contributed by atoms with E-state index in [-0.39, 0.29) is 24.0 Å². The van der Waals surface area contributed by atoms with Crippen LogP contribution in [0.3, 0.4) is 0 Å². The molecule has 0 radical (unpaired) electrons. The standard InChI is InChI=1S/C32H38N4O5/c1-3-10-25-19-23(20-28(40-4-2)30(25)41-22-29(37)35-15-17-39-18-16-35)21-33-36-31(24-11-6-5-7-12-24)34-27-14-9-8-13-26(27)32(36)38/h3,8-9,13-14,19-21,24H,1,4-7,10-12,15-18,22H2,2H3. The van der Waals surface area contributed by atoms with Crippen molar-refractivity contribution in [3.63, 3.8) is 0 Å². The molecule has 1 aromatic heterocycles. The topological polar surface area (TPSA) is 95.2 Å². The fourth-order valence-corrected chi connectivity index (χ4v) is 5.53. The number of ether oxygens (including phenoxy) is 3. The summed E-state index contributed by atoms with van der Waals surface area (Å²) in [6, 6.07) is 11.2. The number of hydrogen-bond acceptors (Lipinski definition) is 7. The maximum atomic E-state index is 13.6. The monoisotopic (exact) mass is 558 g/mol. The molecule has 9 nitrogen and oxygen atoms in total. The largest absolute Gasteiger partial charge is 0.490 e. The van der Waals surface area contributed by atoms with Gasteiger partial charge >= 0.3 is 0 Å². The van der Waals surface area contributed by atoms with E-state index in [0.717, 1.165) is 36.8 Å². The van der Waals surface area contributed by atoms with E-state index < -0.39 is 0 Å². The second-order valence-corrected chi connectivity index (χ2v) is 10.4. The molecule has 0 atom stereocenters. The predicted molar refractivity (Wildman–Crippen MR) is 159 cm³/mol. The minimum absolute atomic E-state index is 0.0932. The Labute approximate surface area is 240 Å². The Balaban J connectivity index is 1.49. The highest BCUT2D eigenvalue weighted by molar-refractivity contribution is 5.83. The van der Waals surface area contributed by atoms with Crippen molar-refractivity contribution >= 4 is 23.0 Å². The molecule has 2 aromatic carbocycles. The Kier molecular flexibility index (Phi) is 9.46. The Morgan fingerprint density at radius 1 is 1.15 bits per heavy atom. The highest BCUT2D eigenvalue weighted by Crippen LogP contribution is 2.34. The molecule has 216 valence electrons. The normalized spacial score (nSPS) is 16.3. The number of carbonyl (C=O) groups excluding carboxylic acids is 1. The molecule has 2 heterocycles. The van der Waals surface area contributed by atoms with Gasteiger partial charge in [0.1, 0.15) is 5.82 Å². The SMILES string of the molecule is C=CCc1cc(C=Nn2c(C3CCCCC3)nc3ccccc3c2=O)cc(OCC)c1OCC(=O)N1CCOCC1. The number of para-hydroxylation sites is 1. The summed E-state index contributed by atoms with van der Waals surface area (Å²) in [6.07, 6.45) is 9.39. The smallest absolute Gasteiger partial charge is 0.282 e. The van der Waals surface area contributed by atoms with Gasteiger partial charge in [-0.15, -0.1) is 6.58 Å². The average Bonchev–Trinajstić information content (AvgIpc) is 3.01. The lowest BCUT2D eigenvalue weighted by molar-refractivity contribution is -0.137. The summed E-state index contributed by atoms with van der Waals surface area (Å²) in [7, 11) is 0. The maximum absolute atomic E-state index is 13.6. The molecule has 1 saturated heterocycles. The van der Waals surface area contributed by atoms with Crippen LogP contribution in [-0.4, -0.2) is 66.2 Å². The highest BCUT2D eigenvalue weighted by Gasteiger charge is 2.23. The maximum Gasteiger partial charge on any atom is 0.282 e. The van der Waals surface area contributed by atoms with E-state index in [1.54, 1.807) is 23.3 Å². The number of allylic oxidation sites excluding steroid dienone is 1. The van der Waals surface area contributed by atoms with E-state index in [0.29, 0.717) is 67.6 Å². The van der Waals surface area contributed by atoms with Crippen LogP contribution in [0, 0.1) is 0 Å². The molecule has 0 spiro atoms. The summed E-state index contributed by atoms with van der Waals surface area (Å²) >= 11 is 0. The van der Waals surface area contributed by atoms with Gasteiger partial charge in [-0.25, -0.2) is 4.98 Å². The van der Waals surface area contributed by atoms with Gasteiger partial charge in [-0.05, 0) is 56.0 Å². The fourth-order valence-electron chi connectivity index (χ4n) is 5.53. The lowest BCUT2D eigenvalue weighted by Gasteiger charge is -2.27. The van der Waals surface area contributed by atoms with Gasteiger partial charge in [0, 0.05) is 24.6 Å². The molecule has 1 aliphatic heterocycles. The van der Waals surface area contributed by atoms with Crippen LogP contribution in [0.1, 0.15) is 61.9 Å². The number of hydrogen-bond donors (Lipinski definition) is 0. The predicted octanol–water partition coefficient (Wildman–Crippen LogP) is 4.69. The molecule has 1 amide bonds. The van der Waals surface area contributed by atoms with E-state index in [9.17, 15) is 9.59 Å². The fraction of sp³-hybridized carbons (Fsp3) is 0.438. The molecule has 3 aromatic rings. The van der Waals surface area contributed by atoms with Crippen LogP contribution < -0.4 is 15.0 Å². The Hall–Kier alpha value is -3.98. The number of morpholine rings is 1. The number of benzene rings is 2. The number of carbonyl (C=O) groups is 1. The van der Waals surface area contributed by atoms with Gasteiger partial charge in [0.2, 0.25) is 0 Å². The van der Waals surface area contributed by atoms with Gasteiger partial charge in [-0.2, -0.15) is 9.78 Å². The third-order valence-electron chi connectivity index (χ3n) is 7.59. The van der Waals surface area contributed by atoms with E-state index in [4.69, 9.17) is 24.3 Å². The second-order valence-electron chi connectivity index (χ2n) is 10.4. The third-order valence-corrected chi connectivity index (χ3v) is 7.59. The van der Waals surface area contributed by atoms with Gasteiger partial charge < -0.3 is 19.1 Å². The zero-order valence-corrected chi connectivity index (χ0v) is 23.7. The number of amides is 1. The first-order chi connectivity index (χ1) is 20.1. The molecule has 2 aliphatic rings. The highest BCUT2D eigenvalue weighted by atomic mass is 16.5. The number of aromatic nitrogens is 2. The van der Waals surface area contributed by atoms with Crippen molar-refractivity contribution in [2.45, 2.75) is 51.4 Å². The number of rotatable bonds is 10. The molecule has 0 bridgehead atoms. The van der Waals surface area contributed by atoms with Crippen molar-refractivity contribution in [2.75, 3.05) is 39.5 Å². The van der Waals surface area contributed by atoms with Crippen LogP contribution in [0.4, 0.5) is 0 Å². The van der Waals surface area contributed by atoms with Crippen LogP contribution >= 0.6 is 0 Å². The molecular formula is C32H38N4O5. The summed E-state index contributed by atoms with van der Waals surface area (Å²) < 4.78 is 18.8. The Morgan fingerprint density at radius 3 is 2.68 bits per heavy atom. The number of nitrogens with zero attached hydrogens (tertiary/aromatic N) is 4. The molecule has 2 fully saturated rings. The first kappa shape index (κ1) is 28.5.